The molecule has 0 aliphatic heterocycles. The number of halogens is 1. The Labute approximate surface area is 95.9 Å². The molecule has 2 rings (SSSR count). The second-order valence-electron chi connectivity index (χ2n) is 3.20. The van der Waals surface area contributed by atoms with Crippen LogP contribution in [-0.4, -0.2) is 33.4 Å². The number of aromatic nitrogens is 5. The number of hydrogen-bond acceptors (Lipinski definition) is 5. The minimum Gasteiger partial charge on any atom is -0.275 e. The third-order valence-electron chi connectivity index (χ3n) is 1.95. The molecule has 0 fully saturated rings. The molecule has 0 aliphatic carbocycles. The van der Waals surface area contributed by atoms with Crippen LogP contribution in [0.1, 0.15) is 5.69 Å². The van der Waals surface area contributed by atoms with E-state index in [4.69, 9.17) is 10.7 Å². The van der Waals surface area contributed by atoms with Gasteiger partial charge in [0.05, 0.1) is 11.3 Å². The molecular formula is C7H8ClN5O2S. The van der Waals surface area contributed by atoms with Crippen LogP contribution in [0, 0.1) is 6.92 Å². The van der Waals surface area contributed by atoms with E-state index in [1.54, 1.807) is 24.9 Å². The Balaban J connectivity index is 2.51. The van der Waals surface area contributed by atoms with Gasteiger partial charge >= 0.3 is 0 Å². The maximum absolute atomic E-state index is 11.0. The van der Waals surface area contributed by atoms with E-state index in [-0.39, 0.29) is 11.0 Å². The normalized spacial score (nSPS) is 11.9. The summed E-state index contributed by atoms with van der Waals surface area (Å²) in [5.74, 6) is 0.254. The minimum atomic E-state index is -3.88. The van der Waals surface area contributed by atoms with Gasteiger partial charge in [-0.25, -0.2) is 13.5 Å². The number of aromatic amines is 1. The van der Waals surface area contributed by atoms with Gasteiger partial charge in [0.15, 0.2) is 5.82 Å². The van der Waals surface area contributed by atoms with Gasteiger partial charge in [-0.05, 0) is 6.92 Å². The van der Waals surface area contributed by atoms with E-state index in [1.807, 2.05) is 0 Å². The van der Waals surface area contributed by atoms with Gasteiger partial charge in [-0.1, -0.05) is 0 Å². The van der Waals surface area contributed by atoms with Crippen molar-refractivity contribution in [1.29, 1.82) is 0 Å². The standard InChI is InChI=1S/C7H8ClN5O2S/c1-4-5(3-13(2)12-4)6-9-7(11-10-6)16(8,14)15/h3H,1-2H3,(H,9,10,11). The molecular weight excluding hydrogens is 254 g/mol. The molecule has 7 nitrogen and oxygen atoms in total. The lowest BCUT2D eigenvalue weighted by Gasteiger charge is -1.88. The van der Waals surface area contributed by atoms with Crippen molar-refractivity contribution in [1.82, 2.24) is 25.0 Å². The SMILES string of the molecule is Cc1nn(C)cc1-c1n[nH]c(S(=O)(=O)Cl)n1. The molecule has 0 saturated carbocycles. The molecule has 0 spiro atoms. The Morgan fingerprint density at radius 3 is 2.62 bits per heavy atom. The topological polar surface area (TPSA) is 93.5 Å². The summed E-state index contributed by atoms with van der Waals surface area (Å²) < 4.78 is 23.6. The van der Waals surface area contributed by atoms with Crippen molar-refractivity contribution in [2.75, 3.05) is 0 Å². The third kappa shape index (κ3) is 1.93. The summed E-state index contributed by atoms with van der Waals surface area (Å²) in [6.07, 6.45) is 1.70. The number of nitrogens with one attached hydrogen (secondary N) is 1. The zero-order chi connectivity index (χ0) is 11.9. The molecule has 2 heterocycles. The Morgan fingerprint density at radius 1 is 1.50 bits per heavy atom. The van der Waals surface area contributed by atoms with Gasteiger partial charge in [-0.2, -0.15) is 15.2 Å². The van der Waals surface area contributed by atoms with E-state index in [0.717, 1.165) is 0 Å². The van der Waals surface area contributed by atoms with Crippen molar-refractivity contribution in [3.8, 4) is 11.4 Å². The van der Waals surface area contributed by atoms with E-state index in [9.17, 15) is 8.42 Å². The van der Waals surface area contributed by atoms with E-state index < -0.39 is 9.05 Å². The second-order valence-corrected chi connectivity index (χ2v) is 5.69. The zero-order valence-electron chi connectivity index (χ0n) is 8.47. The average Bonchev–Trinajstić information content (AvgIpc) is 2.70. The lowest BCUT2D eigenvalue weighted by molar-refractivity contribution is 0.602. The molecule has 1 N–H and O–H groups in total. The summed E-state index contributed by atoms with van der Waals surface area (Å²) in [7, 11) is 2.99. The maximum Gasteiger partial charge on any atom is 0.296 e. The summed E-state index contributed by atoms with van der Waals surface area (Å²) in [6, 6.07) is 0. The van der Waals surface area contributed by atoms with Gasteiger partial charge in [0.25, 0.3) is 14.2 Å². The van der Waals surface area contributed by atoms with E-state index >= 15 is 0 Å². The molecule has 0 amide bonds. The monoisotopic (exact) mass is 261 g/mol. The molecule has 0 unspecified atom stereocenters. The van der Waals surface area contributed by atoms with Crippen LogP contribution in [0.25, 0.3) is 11.4 Å². The summed E-state index contributed by atoms with van der Waals surface area (Å²) in [6.45, 7) is 1.78. The molecule has 0 atom stereocenters. The van der Waals surface area contributed by atoms with Crippen LogP contribution in [0.5, 0.6) is 0 Å². The first-order valence-corrected chi connectivity index (χ1v) is 6.56. The van der Waals surface area contributed by atoms with Crippen molar-refractivity contribution in [2.24, 2.45) is 7.05 Å². The smallest absolute Gasteiger partial charge is 0.275 e. The number of rotatable bonds is 2. The van der Waals surface area contributed by atoms with Crippen molar-refractivity contribution in [3.05, 3.63) is 11.9 Å². The lowest BCUT2D eigenvalue weighted by Crippen LogP contribution is -1.92. The molecule has 2 aromatic rings. The Morgan fingerprint density at radius 2 is 2.19 bits per heavy atom. The lowest BCUT2D eigenvalue weighted by atomic mass is 10.2. The van der Waals surface area contributed by atoms with Gasteiger partial charge in [0, 0.05) is 23.9 Å². The largest absolute Gasteiger partial charge is 0.296 e. The number of H-pyrrole nitrogens is 1. The van der Waals surface area contributed by atoms with Crippen LogP contribution in [0.4, 0.5) is 0 Å². The predicted octanol–water partition coefficient (Wildman–Crippen LogP) is 0.441. The molecule has 0 saturated heterocycles. The highest BCUT2D eigenvalue weighted by molar-refractivity contribution is 8.13. The highest BCUT2D eigenvalue weighted by atomic mass is 35.7. The summed E-state index contributed by atoms with van der Waals surface area (Å²) >= 11 is 0. The maximum atomic E-state index is 11.0. The highest BCUT2D eigenvalue weighted by Crippen LogP contribution is 2.19. The van der Waals surface area contributed by atoms with Crippen LogP contribution in [0.3, 0.4) is 0 Å². The van der Waals surface area contributed by atoms with Crippen LogP contribution in [-0.2, 0) is 16.1 Å². The first kappa shape index (κ1) is 11.1. The number of nitrogens with zero attached hydrogens (tertiary/aromatic N) is 4. The van der Waals surface area contributed by atoms with Gasteiger partial charge < -0.3 is 0 Å². The number of aryl methyl sites for hydroxylation is 2. The van der Waals surface area contributed by atoms with Gasteiger partial charge in [0.1, 0.15) is 0 Å². The van der Waals surface area contributed by atoms with Crippen LogP contribution in [0.15, 0.2) is 11.4 Å². The van der Waals surface area contributed by atoms with E-state index in [0.29, 0.717) is 11.3 Å². The summed E-state index contributed by atoms with van der Waals surface area (Å²) in [5, 5.41) is 9.77. The van der Waals surface area contributed by atoms with E-state index in [2.05, 4.69) is 20.3 Å². The fourth-order valence-electron chi connectivity index (χ4n) is 1.30. The molecule has 2 aromatic heterocycles. The van der Waals surface area contributed by atoms with Crippen molar-refractivity contribution < 1.29 is 8.42 Å². The number of hydrogen-bond donors (Lipinski definition) is 1. The molecule has 86 valence electrons. The van der Waals surface area contributed by atoms with E-state index in [1.165, 1.54) is 0 Å². The van der Waals surface area contributed by atoms with Crippen LogP contribution in [0.2, 0.25) is 0 Å². The summed E-state index contributed by atoms with van der Waals surface area (Å²) in [4.78, 5) is 3.79. The highest BCUT2D eigenvalue weighted by Gasteiger charge is 2.18. The molecule has 0 radical (unpaired) electrons. The third-order valence-corrected chi connectivity index (χ3v) is 3.03. The minimum absolute atomic E-state index is 0.254. The fourth-order valence-corrected chi connectivity index (χ4v) is 1.85. The molecule has 16 heavy (non-hydrogen) atoms. The fraction of sp³-hybridized carbons (Fsp3) is 0.286. The first-order valence-electron chi connectivity index (χ1n) is 4.25. The average molecular weight is 262 g/mol. The molecule has 0 bridgehead atoms. The Hall–Kier alpha value is -1.41. The van der Waals surface area contributed by atoms with Crippen LogP contribution >= 0.6 is 10.7 Å². The second kappa shape index (κ2) is 3.56. The van der Waals surface area contributed by atoms with Gasteiger partial charge in [0.2, 0.25) is 0 Å². The van der Waals surface area contributed by atoms with Gasteiger partial charge in [-0.15, -0.1) is 0 Å². The molecule has 0 aliphatic rings. The Bertz CT molecular complexity index is 629. The van der Waals surface area contributed by atoms with Crippen LogP contribution < -0.4 is 0 Å². The van der Waals surface area contributed by atoms with Crippen molar-refractivity contribution in [2.45, 2.75) is 12.1 Å². The zero-order valence-corrected chi connectivity index (χ0v) is 10.0. The molecule has 9 heteroatoms. The Kier molecular flexibility index (Phi) is 2.47. The quantitative estimate of drug-likeness (QED) is 0.792. The first-order chi connectivity index (χ1) is 7.38. The van der Waals surface area contributed by atoms with Crippen molar-refractivity contribution in [3.63, 3.8) is 0 Å². The predicted molar refractivity (Wildman–Crippen MR) is 56.4 cm³/mol. The van der Waals surface area contributed by atoms with Crippen molar-refractivity contribution >= 4 is 19.7 Å². The molecule has 0 aromatic carbocycles. The van der Waals surface area contributed by atoms with Gasteiger partial charge in [-0.3, -0.25) is 4.68 Å². The summed E-state index contributed by atoms with van der Waals surface area (Å²) in [5.41, 5.74) is 1.37.